The maximum absolute atomic E-state index is 13.0. The number of benzene rings is 1. The second-order valence-electron chi connectivity index (χ2n) is 6.88. The first kappa shape index (κ1) is 16.8. The Bertz CT molecular complexity index is 827. The van der Waals surface area contributed by atoms with Crippen molar-refractivity contribution in [1.29, 1.82) is 0 Å². The Morgan fingerprint density at radius 2 is 2.00 bits per heavy atom. The Hall–Kier alpha value is -2.70. The fraction of sp³-hybridized carbons (Fsp3) is 0.421. The molecule has 0 N–H and O–H groups in total. The minimum Gasteiger partial charge on any atom is -0.442 e. The van der Waals surface area contributed by atoms with Crippen LogP contribution in [0.1, 0.15) is 17.0 Å². The molecule has 6 nitrogen and oxygen atoms in total. The van der Waals surface area contributed by atoms with Crippen molar-refractivity contribution in [2.24, 2.45) is 0 Å². The molecule has 2 fully saturated rings. The molecule has 0 radical (unpaired) electrons. The van der Waals surface area contributed by atoms with Gasteiger partial charge in [0.25, 0.3) is 0 Å². The van der Waals surface area contributed by atoms with Gasteiger partial charge in [-0.2, -0.15) is 0 Å². The Balaban J connectivity index is 1.46. The number of anilines is 1. The van der Waals surface area contributed by atoms with Gasteiger partial charge in [-0.25, -0.2) is 14.2 Å². The molecule has 0 bridgehead atoms. The van der Waals surface area contributed by atoms with E-state index in [9.17, 15) is 9.18 Å². The number of nitrogens with zero attached hydrogens (tertiary/aromatic N) is 4. The molecular formula is C19H21FN4O2. The number of fused-ring (bicyclic) bond motifs is 1. The van der Waals surface area contributed by atoms with Gasteiger partial charge < -0.3 is 9.64 Å². The minimum absolute atomic E-state index is 0.00432. The minimum atomic E-state index is -0.270. The largest absolute Gasteiger partial charge is 0.442 e. The highest BCUT2D eigenvalue weighted by molar-refractivity contribution is 5.71. The van der Waals surface area contributed by atoms with Crippen LogP contribution in [0.5, 0.6) is 0 Å². The lowest BCUT2D eigenvalue weighted by Crippen LogP contribution is -2.39. The highest BCUT2D eigenvalue weighted by Crippen LogP contribution is 2.30. The fourth-order valence-corrected chi connectivity index (χ4v) is 3.66. The van der Waals surface area contributed by atoms with Crippen LogP contribution in [0, 0.1) is 19.7 Å². The van der Waals surface area contributed by atoms with Gasteiger partial charge in [0, 0.05) is 19.3 Å². The second kappa shape index (κ2) is 6.55. The number of halogens is 1. The van der Waals surface area contributed by atoms with E-state index >= 15 is 0 Å². The maximum atomic E-state index is 13.0. The molecule has 2 atom stereocenters. The summed E-state index contributed by atoms with van der Waals surface area (Å²) in [6.45, 7) is 5.72. The van der Waals surface area contributed by atoms with Gasteiger partial charge in [0.15, 0.2) is 5.82 Å². The molecule has 0 spiro atoms. The van der Waals surface area contributed by atoms with Crippen molar-refractivity contribution in [3.8, 4) is 0 Å². The first-order chi connectivity index (χ1) is 12.5. The van der Waals surface area contributed by atoms with Crippen LogP contribution in [0.15, 0.2) is 30.5 Å². The van der Waals surface area contributed by atoms with Gasteiger partial charge in [0.2, 0.25) is 0 Å². The number of amides is 1. The lowest BCUT2D eigenvalue weighted by atomic mass is 10.1. The highest BCUT2D eigenvalue weighted by atomic mass is 19.1. The van der Waals surface area contributed by atoms with Gasteiger partial charge in [-0.1, -0.05) is 12.1 Å². The maximum Gasteiger partial charge on any atom is 0.410 e. The number of carbonyl (C=O) groups is 1. The monoisotopic (exact) mass is 356 g/mol. The molecule has 0 aliphatic carbocycles. The molecule has 4 rings (SSSR count). The molecule has 2 aliphatic rings. The molecule has 2 aromatic rings. The summed E-state index contributed by atoms with van der Waals surface area (Å²) in [5.41, 5.74) is 2.74. The first-order valence-corrected chi connectivity index (χ1v) is 8.78. The van der Waals surface area contributed by atoms with E-state index in [1.165, 1.54) is 12.1 Å². The quantitative estimate of drug-likeness (QED) is 0.842. The Morgan fingerprint density at radius 1 is 1.23 bits per heavy atom. The first-order valence-electron chi connectivity index (χ1n) is 8.78. The number of aryl methyl sites for hydroxylation is 2. The third-order valence-corrected chi connectivity index (χ3v) is 5.03. The van der Waals surface area contributed by atoms with Crippen LogP contribution in [-0.4, -0.2) is 52.7 Å². The summed E-state index contributed by atoms with van der Waals surface area (Å²) in [6, 6.07) is 6.39. The number of ether oxygens (including phenoxy) is 1. The van der Waals surface area contributed by atoms with Crippen LogP contribution in [-0.2, 0) is 11.2 Å². The standard InChI is InChI=1S/C19H21FN4O2/c1-12-9-21-13(2)18(22-12)23-10-16-17(11-23)26-19(25)24(16)8-7-14-3-5-15(20)6-4-14/h3-6,9,16-17H,7-8,10-11H2,1-2H3/t16-,17+/m0/s1. The molecule has 136 valence electrons. The van der Waals surface area contributed by atoms with Crippen molar-refractivity contribution in [2.45, 2.75) is 32.4 Å². The molecule has 2 aliphatic heterocycles. The summed E-state index contributed by atoms with van der Waals surface area (Å²) < 4.78 is 18.6. The van der Waals surface area contributed by atoms with Crippen molar-refractivity contribution >= 4 is 11.9 Å². The number of aromatic nitrogens is 2. The normalized spacial score (nSPS) is 21.9. The number of rotatable bonds is 4. The Kier molecular flexibility index (Phi) is 4.22. The number of hydrogen-bond acceptors (Lipinski definition) is 5. The number of hydrogen-bond donors (Lipinski definition) is 0. The summed E-state index contributed by atoms with van der Waals surface area (Å²) in [6.07, 6.45) is 2.00. The molecule has 26 heavy (non-hydrogen) atoms. The van der Waals surface area contributed by atoms with Gasteiger partial charge in [-0.05, 0) is 38.0 Å². The fourth-order valence-electron chi connectivity index (χ4n) is 3.66. The average molecular weight is 356 g/mol. The zero-order valence-electron chi connectivity index (χ0n) is 14.9. The van der Waals surface area contributed by atoms with Crippen LogP contribution >= 0.6 is 0 Å². The zero-order valence-corrected chi connectivity index (χ0v) is 14.9. The molecule has 7 heteroatoms. The summed E-state index contributed by atoms with van der Waals surface area (Å²) >= 11 is 0. The third kappa shape index (κ3) is 3.09. The lowest BCUT2D eigenvalue weighted by molar-refractivity contribution is 0.136. The molecule has 2 saturated heterocycles. The van der Waals surface area contributed by atoms with Crippen molar-refractivity contribution in [3.05, 3.63) is 53.2 Å². The predicted molar refractivity (Wildman–Crippen MR) is 94.6 cm³/mol. The Labute approximate surface area is 151 Å². The van der Waals surface area contributed by atoms with Crippen molar-refractivity contribution < 1.29 is 13.9 Å². The van der Waals surface area contributed by atoms with Gasteiger partial charge in [0.1, 0.15) is 11.9 Å². The molecule has 0 unspecified atom stereocenters. The second-order valence-corrected chi connectivity index (χ2v) is 6.88. The topological polar surface area (TPSA) is 58.6 Å². The molecule has 1 amide bonds. The number of carbonyl (C=O) groups excluding carboxylic acids is 1. The van der Waals surface area contributed by atoms with Crippen LogP contribution in [0.3, 0.4) is 0 Å². The van der Waals surface area contributed by atoms with E-state index in [-0.39, 0.29) is 24.1 Å². The van der Waals surface area contributed by atoms with Crippen LogP contribution in [0.2, 0.25) is 0 Å². The van der Waals surface area contributed by atoms with Gasteiger partial charge >= 0.3 is 6.09 Å². The van der Waals surface area contributed by atoms with Gasteiger partial charge in [0.05, 0.1) is 24.0 Å². The van der Waals surface area contributed by atoms with Crippen molar-refractivity contribution in [2.75, 3.05) is 24.5 Å². The zero-order chi connectivity index (χ0) is 18.3. The summed E-state index contributed by atoms with van der Waals surface area (Å²) in [7, 11) is 0. The summed E-state index contributed by atoms with van der Waals surface area (Å²) in [5, 5.41) is 0. The van der Waals surface area contributed by atoms with E-state index in [0.717, 1.165) is 22.8 Å². The summed E-state index contributed by atoms with van der Waals surface area (Å²) in [4.78, 5) is 25.1. The molecule has 0 saturated carbocycles. The summed E-state index contributed by atoms with van der Waals surface area (Å²) in [5.74, 6) is 0.601. The smallest absolute Gasteiger partial charge is 0.410 e. The van der Waals surface area contributed by atoms with Crippen molar-refractivity contribution in [1.82, 2.24) is 14.9 Å². The van der Waals surface area contributed by atoms with E-state index in [1.807, 2.05) is 13.8 Å². The molecule has 1 aromatic carbocycles. The van der Waals surface area contributed by atoms with E-state index in [1.54, 1.807) is 23.2 Å². The third-order valence-electron chi connectivity index (χ3n) is 5.03. The van der Waals surface area contributed by atoms with Crippen LogP contribution in [0.4, 0.5) is 15.0 Å². The predicted octanol–water partition coefficient (Wildman–Crippen LogP) is 2.48. The van der Waals surface area contributed by atoms with Gasteiger partial charge in [-0.3, -0.25) is 9.88 Å². The van der Waals surface area contributed by atoms with E-state index in [4.69, 9.17) is 4.74 Å². The van der Waals surface area contributed by atoms with E-state index in [2.05, 4.69) is 14.9 Å². The molecular weight excluding hydrogens is 335 g/mol. The molecule has 3 heterocycles. The van der Waals surface area contributed by atoms with Crippen LogP contribution in [0.25, 0.3) is 0 Å². The SMILES string of the molecule is Cc1cnc(C)c(N2C[C@H]3OC(=O)N(CCc4ccc(F)cc4)[C@H]3C2)n1. The van der Waals surface area contributed by atoms with E-state index < -0.39 is 0 Å². The van der Waals surface area contributed by atoms with Crippen LogP contribution < -0.4 is 4.90 Å². The van der Waals surface area contributed by atoms with E-state index in [0.29, 0.717) is 26.1 Å². The lowest BCUT2D eigenvalue weighted by Gasteiger charge is -2.23. The van der Waals surface area contributed by atoms with Crippen molar-refractivity contribution in [3.63, 3.8) is 0 Å². The Morgan fingerprint density at radius 3 is 2.77 bits per heavy atom. The highest BCUT2D eigenvalue weighted by Gasteiger charge is 2.48. The van der Waals surface area contributed by atoms with Gasteiger partial charge in [-0.15, -0.1) is 0 Å². The molecule has 1 aromatic heterocycles. The average Bonchev–Trinajstić information content (AvgIpc) is 3.14.